The second-order valence-electron chi connectivity index (χ2n) is 6.77. The number of carbonyl (C=O) groups is 1. The van der Waals surface area contributed by atoms with Gasteiger partial charge in [0, 0.05) is 28.6 Å². The molecule has 2 aromatic carbocycles. The molecule has 0 spiro atoms. The molecule has 7 heteroatoms. The lowest BCUT2D eigenvalue weighted by Crippen LogP contribution is -2.44. The van der Waals surface area contributed by atoms with Crippen LogP contribution in [-0.2, 0) is 6.61 Å². The third-order valence-corrected chi connectivity index (χ3v) is 4.68. The molecule has 0 saturated carbocycles. The highest BCUT2D eigenvalue weighted by molar-refractivity contribution is 5.89. The second-order valence-corrected chi connectivity index (χ2v) is 6.77. The average molecular weight is 391 g/mol. The molecule has 0 aliphatic heterocycles. The average Bonchev–Trinajstić information content (AvgIpc) is 2.69. The van der Waals surface area contributed by atoms with Gasteiger partial charge >= 0.3 is 6.03 Å². The first-order valence-electron chi connectivity index (χ1n) is 9.26. The lowest BCUT2D eigenvalue weighted by Gasteiger charge is -2.16. The van der Waals surface area contributed by atoms with E-state index in [1.807, 2.05) is 50.4 Å². The van der Waals surface area contributed by atoms with E-state index in [1.54, 1.807) is 0 Å². The molecule has 5 N–H and O–H groups in total. The van der Waals surface area contributed by atoms with Gasteiger partial charge in [0.2, 0.25) is 5.88 Å². The summed E-state index contributed by atoms with van der Waals surface area (Å²) in [6, 6.07) is 15.5. The van der Waals surface area contributed by atoms with E-state index >= 15 is 0 Å². The Morgan fingerprint density at radius 3 is 2.52 bits per heavy atom. The number of carbonyl (C=O) groups excluding carboxylic acids is 1. The summed E-state index contributed by atoms with van der Waals surface area (Å²) < 4.78 is 5.98. The molecular weight excluding hydrogens is 366 g/mol. The molecule has 3 aromatic rings. The minimum Gasteiger partial charge on any atom is -0.473 e. The molecule has 2 amide bonds. The van der Waals surface area contributed by atoms with Crippen LogP contribution in [0.3, 0.4) is 0 Å². The van der Waals surface area contributed by atoms with Crippen molar-refractivity contribution in [2.45, 2.75) is 27.4 Å². The zero-order valence-corrected chi connectivity index (χ0v) is 16.7. The highest BCUT2D eigenvalue weighted by Gasteiger charge is 2.12. The van der Waals surface area contributed by atoms with Crippen LogP contribution >= 0.6 is 0 Å². The number of urea groups is 1. The van der Waals surface area contributed by atoms with Crippen molar-refractivity contribution in [1.82, 2.24) is 15.9 Å². The van der Waals surface area contributed by atoms with Crippen LogP contribution in [0, 0.1) is 20.8 Å². The summed E-state index contributed by atoms with van der Waals surface area (Å²) in [5.41, 5.74) is 11.2. The molecule has 0 atom stereocenters. The van der Waals surface area contributed by atoms with Crippen molar-refractivity contribution in [3.05, 3.63) is 77.0 Å². The Bertz CT molecular complexity index is 1020. The number of benzene rings is 2. The van der Waals surface area contributed by atoms with E-state index < -0.39 is 6.03 Å². The fourth-order valence-electron chi connectivity index (χ4n) is 3.13. The standard InChI is InChI=1S/C22H25N5O2/c1-14-7-4-5-9-18(14)17-11-16(3)21(24-12-17)29-13-19-15(2)8-6-10-20(19)25-22(28)26-27-23/h4-12,27H,13,23H2,1-3H3,(H2,25,26,28). The number of aromatic nitrogens is 1. The van der Waals surface area contributed by atoms with Gasteiger partial charge in [-0.15, -0.1) is 0 Å². The van der Waals surface area contributed by atoms with Gasteiger partial charge in [0.05, 0.1) is 0 Å². The molecule has 3 rings (SSSR count). The van der Waals surface area contributed by atoms with Crippen LogP contribution < -0.4 is 26.9 Å². The number of nitrogens with zero attached hydrogens (tertiary/aromatic N) is 1. The van der Waals surface area contributed by atoms with Gasteiger partial charge in [0.25, 0.3) is 0 Å². The molecule has 0 saturated heterocycles. The van der Waals surface area contributed by atoms with E-state index in [0.29, 0.717) is 11.6 Å². The van der Waals surface area contributed by atoms with Gasteiger partial charge in [-0.2, -0.15) is 5.53 Å². The van der Waals surface area contributed by atoms with Crippen molar-refractivity contribution in [2.75, 3.05) is 5.32 Å². The fraction of sp³-hybridized carbons (Fsp3) is 0.182. The summed E-state index contributed by atoms with van der Waals surface area (Å²) in [5.74, 6) is 5.67. The van der Waals surface area contributed by atoms with Gasteiger partial charge in [0.15, 0.2) is 0 Å². The molecule has 7 nitrogen and oxygen atoms in total. The number of pyridine rings is 1. The van der Waals surface area contributed by atoms with Crippen LogP contribution in [-0.4, -0.2) is 11.0 Å². The normalized spacial score (nSPS) is 10.5. The van der Waals surface area contributed by atoms with Crippen LogP contribution in [0.2, 0.25) is 0 Å². The van der Waals surface area contributed by atoms with Crippen molar-refractivity contribution in [3.63, 3.8) is 0 Å². The predicted octanol–water partition coefficient (Wildman–Crippen LogP) is 3.75. The van der Waals surface area contributed by atoms with Crippen LogP contribution in [0.1, 0.15) is 22.3 Å². The molecule has 0 unspecified atom stereocenters. The van der Waals surface area contributed by atoms with Crippen molar-refractivity contribution in [1.29, 1.82) is 0 Å². The van der Waals surface area contributed by atoms with Crippen LogP contribution in [0.25, 0.3) is 11.1 Å². The summed E-state index contributed by atoms with van der Waals surface area (Å²) in [4.78, 5) is 16.3. The minimum atomic E-state index is -0.462. The highest BCUT2D eigenvalue weighted by Crippen LogP contribution is 2.28. The lowest BCUT2D eigenvalue weighted by atomic mass is 10.0. The summed E-state index contributed by atoms with van der Waals surface area (Å²) in [6.45, 7) is 6.29. The maximum absolute atomic E-state index is 11.8. The third kappa shape index (κ3) is 4.90. The number of ether oxygens (including phenoxy) is 1. The predicted molar refractivity (Wildman–Crippen MR) is 114 cm³/mol. The summed E-state index contributed by atoms with van der Waals surface area (Å²) in [6.07, 6.45) is 1.82. The molecule has 0 radical (unpaired) electrons. The largest absolute Gasteiger partial charge is 0.473 e. The van der Waals surface area contributed by atoms with E-state index in [2.05, 4.69) is 46.4 Å². The molecule has 1 aromatic heterocycles. The quantitative estimate of drug-likeness (QED) is 0.379. The van der Waals surface area contributed by atoms with E-state index in [0.717, 1.165) is 27.8 Å². The van der Waals surface area contributed by atoms with Gasteiger partial charge < -0.3 is 10.1 Å². The Kier molecular flexibility index (Phi) is 6.43. The smallest absolute Gasteiger partial charge is 0.334 e. The first-order chi connectivity index (χ1) is 14.0. The lowest BCUT2D eigenvalue weighted by molar-refractivity contribution is 0.248. The highest BCUT2D eigenvalue weighted by atomic mass is 16.5. The number of nitrogens with one attached hydrogen (secondary N) is 3. The number of anilines is 1. The molecule has 0 fully saturated rings. The van der Waals surface area contributed by atoms with Crippen molar-refractivity contribution < 1.29 is 9.53 Å². The van der Waals surface area contributed by atoms with Crippen molar-refractivity contribution in [3.8, 4) is 17.0 Å². The minimum absolute atomic E-state index is 0.274. The molecule has 1 heterocycles. The monoisotopic (exact) mass is 391 g/mol. The van der Waals surface area contributed by atoms with E-state index in [4.69, 9.17) is 10.6 Å². The van der Waals surface area contributed by atoms with Gasteiger partial charge in [0.1, 0.15) is 6.61 Å². The maximum Gasteiger partial charge on any atom is 0.334 e. The fourth-order valence-corrected chi connectivity index (χ4v) is 3.13. The topological polar surface area (TPSA) is 101 Å². The van der Waals surface area contributed by atoms with Crippen LogP contribution in [0.5, 0.6) is 5.88 Å². The zero-order valence-electron chi connectivity index (χ0n) is 16.7. The number of nitrogens with two attached hydrogens (primary N) is 1. The van der Waals surface area contributed by atoms with Crippen molar-refractivity contribution in [2.24, 2.45) is 5.84 Å². The van der Waals surface area contributed by atoms with E-state index in [9.17, 15) is 4.79 Å². The molecule has 0 aliphatic carbocycles. The molecular formula is C22H25N5O2. The SMILES string of the molecule is Cc1ccccc1-c1cnc(OCc2c(C)cccc2NC(=O)NNN)c(C)c1. The third-order valence-electron chi connectivity index (χ3n) is 4.68. The Morgan fingerprint density at radius 2 is 1.79 bits per heavy atom. The second kappa shape index (κ2) is 9.18. The summed E-state index contributed by atoms with van der Waals surface area (Å²) in [5, 5.41) is 2.75. The molecule has 0 bridgehead atoms. The number of aryl methyl sites for hydroxylation is 3. The number of hydrogen-bond donors (Lipinski definition) is 4. The van der Waals surface area contributed by atoms with Gasteiger partial charge in [-0.1, -0.05) is 36.4 Å². The Morgan fingerprint density at radius 1 is 1.03 bits per heavy atom. The van der Waals surface area contributed by atoms with Gasteiger partial charge in [-0.05, 0) is 49.6 Å². The Hall–Kier alpha value is -3.42. The van der Waals surface area contributed by atoms with Gasteiger partial charge in [-0.25, -0.2) is 9.78 Å². The van der Waals surface area contributed by atoms with E-state index in [-0.39, 0.29) is 6.61 Å². The number of rotatable bonds is 6. The number of hydrazine groups is 2. The maximum atomic E-state index is 11.8. The molecule has 150 valence electrons. The van der Waals surface area contributed by atoms with Crippen LogP contribution in [0.4, 0.5) is 10.5 Å². The Labute approximate surface area is 170 Å². The van der Waals surface area contributed by atoms with Crippen molar-refractivity contribution >= 4 is 11.7 Å². The van der Waals surface area contributed by atoms with E-state index in [1.165, 1.54) is 5.56 Å². The van der Waals surface area contributed by atoms with Crippen LogP contribution in [0.15, 0.2) is 54.7 Å². The summed E-state index contributed by atoms with van der Waals surface area (Å²) in [7, 11) is 0. The number of amides is 2. The molecule has 29 heavy (non-hydrogen) atoms. The first-order valence-corrected chi connectivity index (χ1v) is 9.26. The zero-order chi connectivity index (χ0) is 20.8. The van der Waals surface area contributed by atoms with Gasteiger partial charge in [-0.3, -0.25) is 11.3 Å². The first kappa shape index (κ1) is 20.3. The molecule has 0 aliphatic rings. The Balaban J connectivity index is 1.78. The summed E-state index contributed by atoms with van der Waals surface area (Å²) >= 11 is 0. The number of hydrogen-bond acceptors (Lipinski definition) is 5.